The van der Waals surface area contributed by atoms with Gasteiger partial charge in [0.1, 0.15) is 0 Å². The van der Waals surface area contributed by atoms with Crippen molar-refractivity contribution in [2.75, 3.05) is 7.11 Å². The fourth-order valence-corrected chi connectivity index (χ4v) is 2.41. The predicted octanol–water partition coefficient (Wildman–Crippen LogP) is 1.24. The fraction of sp³-hybridized carbons (Fsp3) is 0.158. The summed E-state index contributed by atoms with van der Waals surface area (Å²) in [7, 11) is 4.92. The molecule has 0 aliphatic carbocycles. The number of carbonyl (C=O) groups excluding carboxylic acids is 1. The molecule has 0 unspecified atom stereocenters. The van der Waals surface area contributed by atoms with Crippen LogP contribution in [0.1, 0.15) is 21.0 Å². The molecular weight excluding hydrogens is 404 g/mol. The first-order valence-electron chi connectivity index (χ1n) is 8.84. The number of carbonyl (C=O) groups is 2. The number of carboxylic acids is 1. The molecule has 0 spiro atoms. The third-order valence-corrected chi connectivity index (χ3v) is 3.94. The first kappa shape index (κ1) is 21.2. The van der Waals surface area contributed by atoms with E-state index in [0.717, 1.165) is 11.1 Å². The summed E-state index contributed by atoms with van der Waals surface area (Å²) in [5.74, 6) is -1.58. The van der Waals surface area contributed by atoms with E-state index in [1.54, 1.807) is 53.2 Å². The van der Waals surface area contributed by atoms with Gasteiger partial charge in [-0.05, 0) is 24.3 Å². The summed E-state index contributed by atoms with van der Waals surface area (Å²) in [6.07, 6.45) is 6.93. The Hall–Kier alpha value is -4.48. The number of rotatable bonds is 4. The zero-order valence-electron chi connectivity index (χ0n) is 16.9. The molecule has 0 saturated heterocycles. The molecule has 0 saturated carbocycles. The van der Waals surface area contributed by atoms with Gasteiger partial charge in [-0.2, -0.15) is 10.2 Å². The Morgan fingerprint density at radius 3 is 1.61 bits per heavy atom. The van der Waals surface area contributed by atoms with Gasteiger partial charge < -0.3 is 9.84 Å². The van der Waals surface area contributed by atoms with Crippen molar-refractivity contribution < 1.29 is 19.4 Å². The highest BCUT2D eigenvalue weighted by molar-refractivity contribution is 5.87. The third-order valence-electron chi connectivity index (χ3n) is 3.94. The summed E-state index contributed by atoms with van der Waals surface area (Å²) in [6.45, 7) is 0. The van der Waals surface area contributed by atoms with E-state index in [0.29, 0.717) is 11.4 Å². The Labute approximate surface area is 176 Å². The average molecular weight is 422 g/mol. The van der Waals surface area contributed by atoms with Gasteiger partial charge in [-0.25, -0.2) is 9.59 Å². The van der Waals surface area contributed by atoms with Gasteiger partial charge in [0.15, 0.2) is 11.4 Å². The van der Waals surface area contributed by atoms with Crippen molar-refractivity contribution in [2.24, 2.45) is 14.1 Å². The maximum atomic E-state index is 11.1. The molecule has 12 nitrogen and oxygen atoms in total. The summed E-state index contributed by atoms with van der Waals surface area (Å²) < 4.78 is 7.84. The lowest BCUT2D eigenvalue weighted by molar-refractivity contribution is 0.0592. The number of hydrogen-bond donors (Lipinski definition) is 1. The first-order chi connectivity index (χ1) is 14.9. The number of hydrogen-bond acceptors (Lipinski definition) is 9. The minimum absolute atomic E-state index is 0.0670. The van der Waals surface area contributed by atoms with E-state index < -0.39 is 11.9 Å². The molecule has 1 N–H and O–H groups in total. The lowest BCUT2D eigenvalue weighted by Crippen LogP contribution is -2.05. The van der Waals surface area contributed by atoms with Crippen molar-refractivity contribution in [2.45, 2.75) is 0 Å². The SMILES string of the molecule is COC(=O)c1ccc(-c2cnn(C)c2)nn1.Cn1cc(-c2ccc(C(=O)O)nn2)cn1. The Bertz CT molecular complexity index is 1180. The largest absolute Gasteiger partial charge is 0.476 e. The van der Waals surface area contributed by atoms with E-state index in [-0.39, 0.29) is 11.4 Å². The molecular formula is C19H18N8O4. The molecule has 0 atom stereocenters. The van der Waals surface area contributed by atoms with E-state index in [2.05, 4.69) is 35.3 Å². The smallest absolute Gasteiger partial charge is 0.358 e. The Morgan fingerprint density at radius 2 is 1.29 bits per heavy atom. The second-order valence-corrected chi connectivity index (χ2v) is 6.21. The number of carboxylic acid groups (broad SMARTS) is 1. The molecule has 31 heavy (non-hydrogen) atoms. The van der Waals surface area contributed by atoms with Gasteiger partial charge in [0.05, 0.1) is 30.9 Å². The molecule has 4 aromatic heterocycles. The van der Waals surface area contributed by atoms with Crippen LogP contribution in [-0.2, 0) is 18.8 Å². The molecule has 0 bridgehead atoms. The zero-order valence-corrected chi connectivity index (χ0v) is 16.9. The van der Waals surface area contributed by atoms with Gasteiger partial charge in [0.2, 0.25) is 0 Å². The first-order valence-corrected chi connectivity index (χ1v) is 8.84. The molecule has 0 aliphatic rings. The van der Waals surface area contributed by atoms with E-state index in [1.807, 2.05) is 13.2 Å². The Kier molecular flexibility index (Phi) is 6.40. The van der Waals surface area contributed by atoms with Crippen LogP contribution in [0.3, 0.4) is 0 Å². The van der Waals surface area contributed by atoms with Crippen molar-refractivity contribution >= 4 is 11.9 Å². The molecule has 12 heteroatoms. The Morgan fingerprint density at radius 1 is 0.806 bits per heavy atom. The van der Waals surface area contributed by atoms with Crippen LogP contribution in [0.4, 0.5) is 0 Å². The van der Waals surface area contributed by atoms with Gasteiger partial charge in [-0.3, -0.25) is 9.36 Å². The maximum absolute atomic E-state index is 11.1. The number of nitrogens with zero attached hydrogens (tertiary/aromatic N) is 8. The predicted molar refractivity (Wildman–Crippen MR) is 107 cm³/mol. The van der Waals surface area contributed by atoms with E-state index in [4.69, 9.17) is 5.11 Å². The number of esters is 1. The van der Waals surface area contributed by atoms with Crippen LogP contribution in [0, 0.1) is 0 Å². The van der Waals surface area contributed by atoms with Gasteiger partial charge in [-0.15, -0.1) is 20.4 Å². The molecule has 158 valence electrons. The number of ether oxygens (including phenoxy) is 1. The van der Waals surface area contributed by atoms with Crippen LogP contribution in [0.15, 0.2) is 49.1 Å². The minimum atomic E-state index is -1.08. The highest BCUT2D eigenvalue weighted by atomic mass is 16.5. The molecule has 4 heterocycles. The molecule has 0 aromatic carbocycles. The molecule has 4 aromatic rings. The van der Waals surface area contributed by atoms with Crippen molar-refractivity contribution in [3.05, 3.63) is 60.4 Å². The number of methoxy groups -OCH3 is 1. The van der Waals surface area contributed by atoms with E-state index >= 15 is 0 Å². The highest BCUT2D eigenvalue weighted by Gasteiger charge is 2.09. The summed E-state index contributed by atoms with van der Waals surface area (Å²) >= 11 is 0. The van der Waals surface area contributed by atoms with Crippen LogP contribution in [0.25, 0.3) is 22.5 Å². The van der Waals surface area contributed by atoms with Gasteiger partial charge in [0.25, 0.3) is 0 Å². The molecule has 0 amide bonds. The quantitative estimate of drug-likeness (QED) is 0.476. The second kappa shape index (κ2) is 9.35. The van der Waals surface area contributed by atoms with Crippen LogP contribution >= 0.6 is 0 Å². The average Bonchev–Trinajstić information content (AvgIpc) is 3.42. The molecule has 0 aliphatic heterocycles. The van der Waals surface area contributed by atoms with Crippen molar-refractivity contribution in [3.63, 3.8) is 0 Å². The van der Waals surface area contributed by atoms with Crippen LogP contribution < -0.4 is 0 Å². The fourth-order valence-electron chi connectivity index (χ4n) is 2.41. The van der Waals surface area contributed by atoms with Crippen molar-refractivity contribution in [1.29, 1.82) is 0 Å². The zero-order chi connectivity index (χ0) is 22.4. The van der Waals surface area contributed by atoms with Crippen LogP contribution in [0.2, 0.25) is 0 Å². The van der Waals surface area contributed by atoms with Crippen molar-refractivity contribution in [3.8, 4) is 22.5 Å². The van der Waals surface area contributed by atoms with Gasteiger partial charge in [0, 0.05) is 37.6 Å². The summed E-state index contributed by atoms with van der Waals surface area (Å²) in [5, 5.41) is 31.7. The van der Waals surface area contributed by atoms with Gasteiger partial charge in [-0.1, -0.05) is 0 Å². The second-order valence-electron chi connectivity index (χ2n) is 6.21. The molecule has 4 rings (SSSR count). The van der Waals surface area contributed by atoms with Crippen LogP contribution in [0.5, 0.6) is 0 Å². The molecule has 0 radical (unpaired) electrons. The van der Waals surface area contributed by atoms with Crippen LogP contribution in [-0.4, -0.2) is 64.1 Å². The monoisotopic (exact) mass is 422 g/mol. The minimum Gasteiger partial charge on any atom is -0.476 e. The summed E-state index contributed by atoms with van der Waals surface area (Å²) in [6, 6.07) is 6.29. The topological polar surface area (TPSA) is 151 Å². The lowest BCUT2D eigenvalue weighted by Gasteiger charge is -1.98. The van der Waals surface area contributed by atoms with Gasteiger partial charge >= 0.3 is 11.9 Å². The maximum Gasteiger partial charge on any atom is 0.358 e. The molecule has 0 fully saturated rings. The number of aryl methyl sites for hydroxylation is 2. The lowest BCUT2D eigenvalue weighted by atomic mass is 10.2. The number of aromatic carboxylic acids is 1. The third kappa shape index (κ3) is 5.32. The van der Waals surface area contributed by atoms with E-state index in [1.165, 1.54) is 13.2 Å². The van der Waals surface area contributed by atoms with Crippen molar-refractivity contribution in [1.82, 2.24) is 40.0 Å². The summed E-state index contributed by atoms with van der Waals surface area (Å²) in [4.78, 5) is 21.7. The standard InChI is InChI=1S/C10H10N4O2.C9H8N4O2/c1-14-6-7(5-11-14)8-3-4-9(13-12-8)10(15)16-2;1-13-5-6(4-10-13)7-2-3-8(9(14)15)12-11-7/h3-6H,1-2H3;2-5H,1H3,(H,14,15). The van der Waals surface area contributed by atoms with E-state index in [9.17, 15) is 9.59 Å². The number of aromatic nitrogens is 8. The Balaban J connectivity index is 0.000000176. The normalized spacial score (nSPS) is 10.2. The highest BCUT2D eigenvalue weighted by Crippen LogP contribution is 2.15. The summed E-state index contributed by atoms with van der Waals surface area (Å²) in [5.41, 5.74) is 3.06.